The molecule has 1 unspecified atom stereocenters. The molecule has 1 saturated heterocycles. The molecule has 0 aromatic rings. The van der Waals surface area contributed by atoms with Crippen molar-refractivity contribution in [3.8, 4) is 0 Å². The van der Waals surface area contributed by atoms with Crippen molar-refractivity contribution in [2.45, 2.75) is 31.7 Å². The van der Waals surface area contributed by atoms with Crippen molar-refractivity contribution in [2.75, 3.05) is 13.6 Å². The largest absolute Gasteiger partial charge is 0.362 e. The van der Waals surface area contributed by atoms with Crippen LogP contribution in [0.2, 0.25) is 0 Å². The first kappa shape index (κ1) is 10.1. The summed E-state index contributed by atoms with van der Waals surface area (Å²) < 4.78 is 0. The number of amidine groups is 1. The van der Waals surface area contributed by atoms with E-state index >= 15 is 0 Å². The zero-order valence-electron chi connectivity index (χ0n) is 8.82. The van der Waals surface area contributed by atoms with E-state index < -0.39 is 0 Å². The quantitative estimate of drug-likeness (QED) is 0.614. The van der Waals surface area contributed by atoms with Crippen molar-refractivity contribution < 1.29 is 9.59 Å². The van der Waals surface area contributed by atoms with Gasteiger partial charge in [-0.2, -0.15) is 0 Å². The molecule has 5 heteroatoms. The van der Waals surface area contributed by atoms with E-state index in [1.165, 1.54) is 11.9 Å². The van der Waals surface area contributed by atoms with E-state index in [9.17, 15) is 9.59 Å². The van der Waals surface area contributed by atoms with Crippen LogP contribution in [0.25, 0.3) is 0 Å². The molecule has 1 atom stereocenters. The van der Waals surface area contributed by atoms with Gasteiger partial charge in [0, 0.05) is 20.0 Å². The minimum Gasteiger partial charge on any atom is -0.362 e. The zero-order chi connectivity index (χ0) is 10.8. The van der Waals surface area contributed by atoms with E-state index in [1.807, 2.05) is 0 Å². The number of amides is 2. The maximum Gasteiger partial charge on any atom is 0.251 e. The Balaban J connectivity index is 1.98. The monoisotopic (exact) mass is 209 g/mol. The van der Waals surface area contributed by atoms with Crippen molar-refractivity contribution in [1.29, 1.82) is 0 Å². The molecule has 0 saturated carbocycles. The van der Waals surface area contributed by atoms with Gasteiger partial charge in [-0.05, 0) is 12.8 Å². The van der Waals surface area contributed by atoms with Gasteiger partial charge in [-0.25, -0.2) is 0 Å². The number of imide groups is 1. The van der Waals surface area contributed by atoms with E-state index in [-0.39, 0.29) is 24.3 Å². The van der Waals surface area contributed by atoms with Crippen molar-refractivity contribution >= 4 is 17.6 Å². The molecule has 1 N–H and O–H groups in total. The molecular formula is C10H15N3O2. The molecular weight excluding hydrogens is 194 g/mol. The Morgan fingerprint density at radius 2 is 2.20 bits per heavy atom. The normalized spacial score (nSPS) is 26.9. The van der Waals surface area contributed by atoms with Gasteiger partial charge in [0.1, 0.15) is 6.04 Å². The molecule has 5 nitrogen and oxygen atoms in total. The molecule has 2 rings (SSSR count). The minimum absolute atomic E-state index is 0.117. The molecule has 0 aliphatic carbocycles. The van der Waals surface area contributed by atoms with Gasteiger partial charge in [-0.15, -0.1) is 0 Å². The van der Waals surface area contributed by atoms with Gasteiger partial charge in [0.05, 0.1) is 12.3 Å². The molecule has 2 amide bonds. The number of nitrogens with one attached hydrogen (secondary N) is 1. The fourth-order valence-electron chi connectivity index (χ4n) is 1.88. The van der Waals surface area contributed by atoms with Crippen LogP contribution in [0.1, 0.15) is 25.7 Å². The fraction of sp³-hybridized carbons (Fsp3) is 0.700. The molecule has 0 radical (unpaired) electrons. The lowest BCUT2D eigenvalue weighted by Crippen LogP contribution is -2.41. The highest BCUT2D eigenvalue weighted by Crippen LogP contribution is 2.12. The third-order valence-corrected chi connectivity index (χ3v) is 2.85. The highest BCUT2D eigenvalue weighted by molar-refractivity contribution is 6.06. The van der Waals surface area contributed by atoms with Gasteiger partial charge in [0.15, 0.2) is 0 Å². The Morgan fingerprint density at radius 1 is 1.40 bits per heavy atom. The van der Waals surface area contributed by atoms with E-state index in [0.29, 0.717) is 0 Å². The molecule has 2 aliphatic rings. The van der Waals surface area contributed by atoms with Crippen LogP contribution < -0.4 is 5.32 Å². The van der Waals surface area contributed by atoms with E-state index in [0.717, 1.165) is 31.6 Å². The third kappa shape index (κ3) is 2.00. The minimum atomic E-state index is -0.389. The van der Waals surface area contributed by atoms with Gasteiger partial charge in [-0.1, -0.05) is 0 Å². The topological polar surface area (TPSA) is 61.8 Å². The summed E-state index contributed by atoms with van der Waals surface area (Å²) in [6.45, 7) is 0.826. The van der Waals surface area contributed by atoms with Gasteiger partial charge in [0.2, 0.25) is 5.91 Å². The summed E-state index contributed by atoms with van der Waals surface area (Å²) in [5.74, 6) is 0.616. The number of hydrogen-bond acceptors (Lipinski definition) is 4. The van der Waals surface area contributed by atoms with Gasteiger partial charge in [-0.3, -0.25) is 19.5 Å². The summed E-state index contributed by atoms with van der Waals surface area (Å²) in [5, 5.41) is 3.07. The standard InChI is InChI=1S/C10H15N3O2/c1-13-9(14)6-7(10(13)15)12-8-4-2-3-5-11-8/h7H,2-6H2,1H3,(H,11,12). The number of likely N-dealkylation sites (tertiary alicyclic amines) is 1. The lowest BCUT2D eigenvalue weighted by atomic mass is 10.1. The molecule has 2 aliphatic heterocycles. The molecule has 1 fully saturated rings. The Bertz CT molecular complexity index is 325. The summed E-state index contributed by atoms with van der Waals surface area (Å²) >= 11 is 0. The number of nitrogens with zero attached hydrogens (tertiary/aromatic N) is 2. The maximum absolute atomic E-state index is 11.6. The van der Waals surface area contributed by atoms with Crippen LogP contribution >= 0.6 is 0 Å². The predicted octanol–water partition coefficient (Wildman–Crippen LogP) is -0.0843. The molecule has 2 heterocycles. The number of carbonyl (C=O) groups is 2. The molecule has 0 aromatic heterocycles. The number of aliphatic imine (C=N–C) groups is 1. The molecule has 82 valence electrons. The number of carbonyl (C=O) groups excluding carboxylic acids is 2. The van der Waals surface area contributed by atoms with Crippen LogP contribution in [0.3, 0.4) is 0 Å². The number of likely N-dealkylation sites (N-methyl/N-ethyl adjacent to an activating group) is 1. The van der Waals surface area contributed by atoms with Crippen LogP contribution in [0, 0.1) is 0 Å². The lowest BCUT2D eigenvalue weighted by Gasteiger charge is -2.17. The van der Waals surface area contributed by atoms with Crippen LogP contribution in [0.15, 0.2) is 4.99 Å². The van der Waals surface area contributed by atoms with E-state index in [2.05, 4.69) is 10.3 Å². The van der Waals surface area contributed by atoms with Crippen molar-refractivity contribution in [3.63, 3.8) is 0 Å². The van der Waals surface area contributed by atoms with Crippen molar-refractivity contribution in [1.82, 2.24) is 10.2 Å². The number of rotatable bonds is 1. The van der Waals surface area contributed by atoms with Crippen molar-refractivity contribution in [2.24, 2.45) is 4.99 Å². The van der Waals surface area contributed by atoms with Crippen molar-refractivity contribution in [3.05, 3.63) is 0 Å². The second kappa shape index (κ2) is 4.00. The summed E-state index contributed by atoms with van der Waals surface area (Å²) in [6, 6.07) is -0.389. The summed E-state index contributed by atoms with van der Waals surface area (Å²) in [6.07, 6.45) is 3.37. The summed E-state index contributed by atoms with van der Waals surface area (Å²) in [4.78, 5) is 28.3. The zero-order valence-corrected chi connectivity index (χ0v) is 8.82. The third-order valence-electron chi connectivity index (χ3n) is 2.85. The Hall–Kier alpha value is -1.39. The SMILES string of the molecule is CN1C(=O)CC(NC2=NCCCC2)C1=O. The van der Waals surface area contributed by atoms with E-state index in [4.69, 9.17) is 0 Å². The van der Waals surface area contributed by atoms with Gasteiger partial charge >= 0.3 is 0 Å². The van der Waals surface area contributed by atoms with Gasteiger partial charge in [0.25, 0.3) is 5.91 Å². The average Bonchev–Trinajstić information content (AvgIpc) is 2.48. The van der Waals surface area contributed by atoms with Crippen LogP contribution in [0.5, 0.6) is 0 Å². The fourth-order valence-corrected chi connectivity index (χ4v) is 1.88. The average molecular weight is 209 g/mol. The molecule has 0 aromatic carbocycles. The maximum atomic E-state index is 11.6. The van der Waals surface area contributed by atoms with Crippen LogP contribution in [0.4, 0.5) is 0 Å². The number of hydrogen-bond donors (Lipinski definition) is 1. The Kier molecular flexibility index (Phi) is 2.70. The first-order valence-electron chi connectivity index (χ1n) is 5.29. The second-order valence-corrected chi connectivity index (χ2v) is 3.98. The van der Waals surface area contributed by atoms with Gasteiger partial charge < -0.3 is 5.32 Å². The first-order valence-corrected chi connectivity index (χ1v) is 5.29. The smallest absolute Gasteiger partial charge is 0.251 e. The highest BCUT2D eigenvalue weighted by atomic mass is 16.2. The molecule has 15 heavy (non-hydrogen) atoms. The van der Waals surface area contributed by atoms with E-state index in [1.54, 1.807) is 0 Å². The molecule has 0 bridgehead atoms. The predicted molar refractivity (Wildman–Crippen MR) is 55.5 cm³/mol. The van der Waals surface area contributed by atoms with Crippen LogP contribution in [-0.4, -0.2) is 42.2 Å². The Morgan fingerprint density at radius 3 is 2.73 bits per heavy atom. The lowest BCUT2D eigenvalue weighted by molar-refractivity contribution is -0.137. The Labute approximate surface area is 88.5 Å². The first-order chi connectivity index (χ1) is 7.18. The molecule has 0 spiro atoms. The second-order valence-electron chi connectivity index (χ2n) is 3.98. The summed E-state index contributed by atoms with van der Waals surface area (Å²) in [5.41, 5.74) is 0. The summed E-state index contributed by atoms with van der Waals surface area (Å²) in [7, 11) is 1.52. The highest BCUT2D eigenvalue weighted by Gasteiger charge is 2.36. The van der Waals surface area contributed by atoms with Crippen LogP contribution in [-0.2, 0) is 9.59 Å².